The molecule has 0 unspecified atom stereocenters. The lowest BCUT2D eigenvalue weighted by Gasteiger charge is -2.29. The standard InChI is InChI=1S/C13H22N2O2/c1-13(2,3)9-10(12(17)11(9)16)15(4)8-6-5-7-14/h5-8,14H2,1-4H3. The van der Waals surface area contributed by atoms with E-state index in [1.54, 1.807) is 0 Å². The average molecular weight is 238 g/mol. The normalized spacial score (nSPS) is 12.1. The van der Waals surface area contributed by atoms with Crippen LogP contribution in [0.4, 0.5) is 5.69 Å². The van der Waals surface area contributed by atoms with Gasteiger partial charge < -0.3 is 10.6 Å². The number of anilines is 1. The van der Waals surface area contributed by atoms with E-state index < -0.39 is 0 Å². The van der Waals surface area contributed by atoms with Crippen molar-refractivity contribution in [3.05, 3.63) is 26.0 Å². The van der Waals surface area contributed by atoms with Gasteiger partial charge in [0, 0.05) is 19.2 Å². The van der Waals surface area contributed by atoms with E-state index in [1.165, 1.54) is 0 Å². The van der Waals surface area contributed by atoms with E-state index in [0.717, 1.165) is 19.4 Å². The third-order valence-corrected chi connectivity index (χ3v) is 2.96. The van der Waals surface area contributed by atoms with Gasteiger partial charge in [-0.3, -0.25) is 9.59 Å². The number of nitrogens with two attached hydrogens (primary N) is 1. The largest absolute Gasteiger partial charge is 0.371 e. The van der Waals surface area contributed by atoms with Crippen LogP contribution in [0.3, 0.4) is 0 Å². The Kier molecular flexibility index (Phi) is 4.09. The lowest BCUT2D eigenvalue weighted by atomic mass is 9.82. The minimum absolute atomic E-state index is 0.261. The Hall–Kier alpha value is -1.16. The van der Waals surface area contributed by atoms with Crippen molar-refractivity contribution in [1.82, 2.24) is 0 Å². The van der Waals surface area contributed by atoms with Crippen LogP contribution in [-0.4, -0.2) is 20.1 Å². The molecular weight excluding hydrogens is 216 g/mol. The number of rotatable bonds is 5. The molecule has 0 aliphatic carbocycles. The predicted octanol–water partition coefficient (Wildman–Crippen LogP) is 0.755. The maximum atomic E-state index is 11.6. The summed E-state index contributed by atoms with van der Waals surface area (Å²) in [5, 5.41) is 0. The minimum Gasteiger partial charge on any atom is -0.371 e. The van der Waals surface area contributed by atoms with Gasteiger partial charge in [-0.05, 0) is 24.8 Å². The summed E-state index contributed by atoms with van der Waals surface area (Å²) in [7, 11) is 1.86. The maximum Gasteiger partial charge on any atom is 0.249 e. The zero-order chi connectivity index (χ0) is 13.2. The molecule has 0 aromatic heterocycles. The molecule has 0 saturated carbocycles. The van der Waals surface area contributed by atoms with Crippen molar-refractivity contribution in [2.75, 3.05) is 25.0 Å². The molecule has 96 valence electrons. The molecule has 1 aromatic carbocycles. The summed E-state index contributed by atoms with van der Waals surface area (Å²) in [5.74, 6) is 0. The number of nitrogens with zero attached hydrogens (tertiary/aromatic N) is 1. The molecule has 4 heteroatoms. The second-order valence-electron chi connectivity index (χ2n) is 5.55. The van der Waals surface area contributed by atoms with Crippen molar-refractivity contribution in [3.63, 3.8) is 0 Å². The van der Waals surface area contributed by atoms with E-state index in [9.17, 15) is 9.59 Å². The molecular formula is C13H22N2O2. The second kappa shape index (κ2) is 5.00. The summed E-state index contributed by atoms with van der Waals surface area (Å²) in [6.07, 6.45) is 1.88. The van der Waals surface area contributed by atoms with Gasteiger partial charge >= 0.3 is 0 Å². The Labute approximate surface area is 102 Å². The van der Waals surface area contributed by atoms with Gasteiger partial charge in [0.2, 0.25) is 10.9 Å². The van der Waals surface area contributed by atoms with Gasteiger partial charge in [-0.25, -0.2) is 0 Å². The van der Waals surface area contributed by atoms with Gasteiger partial charge in [-0.2, -0.15) is 0 Å². The fourth-order valence-corrected chi connectivity index (χ4v) is 2.04. The van der Waals surface area contributed by atoms with Crippen molar-refractivity contribution in [3.8, 4) is 0 Å². The van der Waals surface area contributed by atoms with Crippen LogP contribution in [0.25, 0.3) is 0 Å². The molecule has 0 spiro atoms. The topological polar surface area (TPSA) is 63.4 Å². The van der Waals surface area contributed by atoms with Crippen LogP contribution in [0.5, 0.6) is 0 Å². The summed E-state index contributed by atoms with van der Waals surface area (Å²) in [6.45, 7) is 7.30. The van der Waals surface area contributed by atoms with Crippen molar-refractivity contribution in [1.29, 1.82) is 0 Å². The molecule has 2 N–H and O–H groups in total. The molecule has 0 fully saturated rings. The fourth-order valence-electron chi connectivity index (χ4n) is 2.04. The van der Waals surface area contributed by atoms with Gasteiger partial charge in [0.05, 0.1) is 5.69 Å². The highest BCUT2D eigenvalue weighted by molar-refractivity contribution is 5.60. The molecule has 0 saturated heterocycles. The molecule has 1 aromatic rings. The van der Waals surface area contributed by atoms with E-state index in [4.69, 9.17) is 5.73 Å². The van der Waals surface area contributed by atoms with Crippen LogP contribution >= 0.6 is 0 Å². The van der Waals surface area contributed by atoms with Crippen molar-refractivity contribution in [2.45, 2.75) is 39.0 Å². The van der Waals surface area contributed by atoms with E-state index in [2.05, 4.69) is 0 Å². The van der Waals surface area contributed by atoms with Crippen LogP contribution in [0, 0.1) is 0 Å². The predicted molar refractivity (Wildman–Crippen MR) is 71.6 cm³/mol. The molecule has 4 nitrogen and oxygen atoms in total. The summed E-state index contributed by atoms with van der Waals surface area (Å²) in [4.78, 5) is 25.1. The quantitative estimate of drug-likeness (QED) is 0.607. The van der Waals surface area contributed by atoms with Crippen LogP contribution in [0.1, 0.15) is 39.2 Å². The monoisotopic (exact) mass is 238 g/mol. The Morgan fingerprint density at radius 2 is 1.71 bits per heavy atom. The molecule has 0 aliphatic heterocycles. The molecule has 0 atom stereocenters. The Morgan fingerprint density at radius 3 is 2.18 bits per heavy atom. The highest BCUT2D eigenvalue weighted by atomic mass is 16.2. The number of hydrogen-bond donors (Lipinski definition) is 1. The second-order valence-corrected chi connectivity index (χ2v) is 5.55. The maximum absolute atomic E-state index is 11.6. The molecule has 0 radical (unpaired) electrons. The van der Waals surface area contributed by atoms with Gasteiger partial charge in [0.1, 0.15) is 0 Å². The van der Waals surface area contributed by atoms with E-state index in [0.29, 0.717) is 17.8 Å². The van der Waals surface area contributed by atoms with Crippen molar-refractivity contribution < 1.29 is 0 Å². The van der Waals surface area contributed by atoms with Crippen molar-refractivity contribution >= 4 is 5.69 Å². The zero-order valence-corrected chi connectivity index (χ0v) is 11.2. The Bertz CT molecular complexity index is 450. The van der Waals surface area contributed by atoms with Crippen LogP contribution < -0.4 is 21.5 Å². The SMILES string of the molecule is CN(CCCCN)c1c(C(C)(C)C)c(=O)c1=O. The van der Waals surface area contributed by atoms with Gasteiger partial charge in [0.25, 0.3) is 0 Å². The molecule has 1 rings (SSSR count). The summed E-state index contributed by atoms with van der Waals surface area (Å²) in [5.41, 5.74) is 5.77. The number of hydrogen-bond acceptors (Lipinski definition) is 4. The van der Waals surface area contributed by atoms with E-state index in [1.807, 2.05) is 32.7 Å². The fraction of sp³-hybridized carbons (Fsp3) is 0.692. The first-order chi connectivity index (χ1) is 7.80. The van der Waals surface area contributed by atoms with Crippen molar-refractivity contribution in [2.24, 2.45) is 5.73 Å². The highest BCUT2D eigenvalue weighted by Gasteiger charge is 2.31. The smallest absolute Gasteiger partial charge is 0.249 e. The molecule has 0 bridgehead atoms. The first kappa shape index (κ1) is 13.9. The lowest BCUT2D eigenvalue weighted by Crippen LogP contribution is -2.46. The first-order valence-corrected chi connectivity index (χ1v) is 6.05. The van der Waals surface area contributed by atoms with Crippen LogP contribution in [-0.2, 0) is 5.41 Å². The molecule has 0 heterocycles. The number of unbranched alkanes of at least 4 members (excludes halogenated alkanes) is 1. The molecule has 17 heavy (non-hydrogen) atoms. The van der Waals surface area contributed by atoms with Crippen LogP contribution in [0.2, 0.25) is 0 Å². The Morgan fingerprint density at radius 1 is 1.12 bits per heavy atom. The summed E-state index contributed by atoms with van der Waals surface area (Å²) in [6, 6.07) is 0. The van der Waals surface area contributed by atoms with E-state index in [-0.39, 0.29) is 16.3 Å². The lowest BCUT2D eigenvalue weighted by molar-refractivity contribution is 0.574. The van der Waals surface area contributed by atoms with Gasteiger partial charge in [-0.1, -0.05) is 20.8 Å². The molecule has 0 amide bonds. The average Bonchev–Trinajstić information content (AvgIpc) is 2.22. The Balaban J connectivity index is 2.88. The third-order valence-electron chi connectivity index (χ3n) is 2.96. The first-order valence-electron chi connectivity index (χ1n) is 6.05. The molecule has 0 aliphatic rings. The zero-order valence-electron chi connectivity index (χ0n) is 11.2. The summed E-state index contributed by atoms with van der Waals surface area (Å²) < 4.78 is 0. The minimum atomic E-state index is -0.342. The summed E-state index contributed by atoms with van der Waals surface area (Å²) >= 11 is 0. The highest BCUT2D eigenvalue weighted by Crippen LogP contribution is 2.27. The van der Waals surface area contributed by atoms with Gasteiger partial charge in [-0.15, -0.1) is 0 Å². The van der Waals surface area contributed by atoms with Crippen LogP contribution in [0.15, 0.2) is 9.59 Å². The van der Waals surface area contributed by atoms with Gasteiger partial charge in [0.15, 0.2) is 0 Å². The third kappa shape index (κ3) is 2.75. The van der Waals surface area contributed by atoms with E-state index >= 15 is 0 Å².